The first-order chi connectivity index (χ1) is 9.54. The summed E-state index contributed by atoms with van der Waals surface area (Å²) in [5.41, 5.74) is 5.92. The highest BCUT2D eigenvalue weighted by atomic mass is 16.5. The van der Waals surface area contributed by atoms with Crippen molar-refractivity contribution in [1.29, 1.82) is 0 Å². The van der Waals surface area contributed by atoms with Gasteiger partial charge in [0.2, 0.25) is 0 Å². The van der Waals surface area contributed by atoms with Crippen molar-refractivity contribution in [2.45, 2.75) is 25.8 Å². The Balaban J connectivity index is 2.86. The molecule has 6 heteroatoms. The van der Waals surface area contributed by atoms with Crippen molar-refractivity contribution < 1.29 is 19.4 Å². The van der Waals surface area contributed by atoms with Crippen LogP contribution in [-0.4, -0.2) is 35.8 Å². The largest absolute Gasteiger partial charge is 0.480 e. The van der Waals surface area contributed by atoms with Crippen LogP contribution in [0.4, 0.5) is 0 Å². The first kappa shape index (κ1) is 15.8. The summed E-state index contributed by atoms with van der Waals surface area (Å²) in [5.74, 6) is -1.09. The van der Waals surface area contributed by atoms with Crippen LogP contribution in [0.15, 0.2) is 29.3 Å². The molecule has 1 aromatic carbocycles. The molecule has 108 valence electrons. The van der Waals surface area contributed by atoms with Gasteiger partial charge in [-0.1, -0.05) is 12.1 Å². The van der Waals surface area contributed by atoms with Gasteiger partial charge in [-0.05, 0) is 31.5 Å². The van der Waals surface area contributed by atoms with Gasteiger partial charge < -0.3 is 15.6 Å². The van der Waals surface area contributed by atoms with Crippen molar-refractivity contribution >= 4 is 18.2 Å². The molecule has 0 heterocycles. The molecule has 6 nitrogen and oxygen atoms in total. The highest BCUT2D eigenvalue weighted by molar-refractivity contribution is 5.87. The molecule has 0 aliphatic heterocycles. The number of para-hydroxylation sites is 1. The predicted molar refractivity (Wildman–Crippen MR) is 75.1 cm³/mol. The molecule has 1 rings (SSSR count). The molecule has 1 atom stereocenters. The van der Waals surface area contributed by atoms with E-state index in [1.54, 1.807) is 24.3 Å². The van der Waals surface area contributed by atoms with E-state index in [4.69, 9.17) is 15.6 Å². The summed E-state index contributed by atoms with van der Waals surface area (Å²) in [4.78, 5) is 26.1. The topological polar surface area (TPSA) is 102 Å². The summed E-state index contributed by atoms with van der Waals surface area (Å²) in [6.07, 6.45) is 2.37. The number of aliphatic carboxylic acids is 1. The molecule has 0 saturated carbocycles. The van der Waals surface area contributed by atoms with Gasteiger partial charge in [0.1, 0.15) is 11.8 Å². The lowest BCUT2D eigenvalue weighted by atomic mass is 10.1. The molecule has 0 radical (unpaired) electrons. The van der Waals surface area contributed by atoms with Crippen LogP contribution < -0.4 is 10.5 Å². The highest BCUT2D eigenvalue weighted by Crippen LogP contribution is 2.16. The van der Waals surface area contributed by atoms with E-state index in [9.17, 15) is 9.59 Å². The average molecular weight is 278 g/mol. The number of carbonyl (C=O) groups excluding carboxylic acids is 1. The van der Waals surface area contributed by atoms with Crippen molar-refractivity contribution in [2.24, 2.45) is 10.7 Å². The van der Waals surface area contributed by atoms with Gasteiger partial charge in [-0.15, -0.1) is 0 Å². The predicted octanol–water partition coefficient (Wildman–Crippen LogP) is 1.22. The number of ether oxygens (including phenoxy) is 1. The monoisotopic (exact) mass is 278 g/mol. The Bertz CT molecular complexity index is 500. The zero-order chi connectivity index (χ0) is 15.0. The second kappa shape index (κ2) is 8.06. The fraction of sp³-hybridized carbons (Fsp3) is 0.357. The van der Waals surface area contributed by atoms with Gasteiger partial charge in [-0.3, -0.25) is 9.79 Å². The Morgan fingerprint density at radius 2 is 2.15 bits per heavy atom. The lowest BCUT2D eigenvalue weighted by Crippen LogP contribution is -2.19. The normalized spacial score (nSPS) is 12.3. The third-order valence-corrected chi connectivity index (χ3v) is 2.53. The third-order valence-electron chi connectivity index (χ3n) is 2.53. The molecule has 0 aliphatic carbocycles. The molecule has 1 aromatic rings. The zero-order valence-corrected chi connectivity index (χ0v) is 11.3. The van der Waals surface area contributed by atoms with E-state index in [0.29, 0.717) is 30.7 Å². The van der Waals surface area contributed by atoms with Crippen molar-refractivity contribution in [3.63, 3.8) is 0 Å². The fourth-order valence-corrected chi connectivity index (χ4v) is 1.58. The Labute approximate surface area is 117 Å². The lowest BCUT2D eigenvalue weighted by Gasteiger charge is -2.07. The van der Waals surface area contributed by atoms with Crippen molar-refractivity contribution in [3.05, 3.63) is 29.8 Å². The molecular formula is C14H18N2O4. The number of carbonyl (C=O) groups is 2. The van der Waals surface area contributed by atoms with E-state index < -0.39 is 18.0 Å². The van der Waals surface area contributed by atoms with Crippen LogP contribution in [0.5, 0.6) is 5.75 Å². The number of aliphatic imine (C=N–C) groups is 1. The Morgan fingerprint density at radius 1 is 1.45 bits per heavy atom. The summed E-state index contributed by atoms with van der Waals surface area (Å²) in [7, 11) is 0. The van der Waals surface area contributed by atoms with Crippen molar-refractivity contribution in [3.8, 4) is 5.75 Å². The second-order valence-corrected chi connectivity index (χ2v) is 4.19. The quantitative estimate of drug-likeness (QED) is 0.443. The summed E-state index contributed by atoms with van der Waals surface area (Å²) in [6, 6.07) is 5.95. The van der Waals surface area contributed by atoms with Gasteiger partial charge >= 0.3 is 11.9 Å². The summed E-state index contributed by atoms with van der Waals surface area (Å²) >= 11 is 0. The van der Waals surface area contributed by atoms with Crippen LogP contribution in [-0.2, 0) is 9.59 Å². The van der Waals surface area contributed by atoms with Gasteiger partial charge in [0.05, 0.1) is 0 Å². The van der Waals surface area contributed by atoms with Crippen LogP contribution in [0.3, 0.4) is 0 Å². The van der Waals surface area contributed by atoms with E-state index in [-0.39, 0.29) is 0 Å². The fourth-order valence-electron chi connectivity index (χ4n) is 1.58. The molecule has 20 heavy (non-hydrogen) atoms. The van der Waals surface area contributed by atoms with Crippen LogP contribution in [0.2, 0.25) is 0 Å². The number of benzene rings is 1. The highest BCUT2D eigenvalue weighted by Gasteiger charge is 2.14. The van der Waals surface area contributed by atoms with E-state index in [1.165, 1.54) is 13.1 Å². The maximum Gasteiger partial charge on any atom is 0.328 e. The molecule has 0 amide bonds. The third kappa shape index (κ3) is 5.19. The molecule has 3 N–H and O–H groups in total. The van der Waals surface area contributed by atoms with E-state index >= 15 is 0 Å². The second-order valence-electron chi connectivity index (χ2n) is 4.19. The maximum absolute atomic E-state index is 11.0. The minimum atomic E-state index is -1.00. The van der Waals surface area contributed by atoms with Crippen molar-refractivity contribution in [2.75, 3.05) is 6.54 Å². The van der Waals surface area contributed by atoms with Gasteiger partial charge in [0.25, 0.3) is 0 Å². The number of carboxylic acid groups (broad SMARTS) is 1. The molecule has 0 aliphatic rings. The summed E-state index contributed by atoms with van der Waals surface area (Å²) in [6.45, 7) is 1.72. The van der Waals surface area contributed by atoms with E-state index in [1.807, 2.05) is 0 Å². The molecular weight excluding hydrogens is 260 g/mol. The van der Waals surface area contributed by atoms with E-state index in [2.05, 4.69) is 4.99 Å². The maximum atomic E-state index is 11.0. The first-order valence-electron chi connectivity index (χ1n) is 6.28. The number of rotatable bonds is 7. The van der Waals surface area contributed by atoms with Gasteiger partial charge in [0.15, 0.2) is 0 Å². The van der Waals surface area contributed by atoms with Crippen LogP contribution in [0.25, 0.3) is 0 Å². The molecule has 0 spiro atoms. The number of hydrogen-bond acceptors (Lipinski definition) is 5. The average Bonchev–Trinajstić information content (AvgIpc) is 2.39. The summed E-state index contributed by atoms with van der Waals surface area (Å²) in [5, 5.41) is 9.05. The Morgan fingerprint density at radius 3 is 2.75 bits per heavy atom. The standard InChI is InChI=1S/C14H18N2O4/c1-10(17)20-13-7-3-2-5-11(13)9-16-12(14(18)19)6-4-8-15/h2-3,5,7,9,12H,4,6,8,15H2,1H3,(H,18,19)/t12-/m0/s1. The van der Waals surface area contributed by atoms with Crippen molar-refractivity contribution in [1.82, 2.24) is 0 Å². The van der Waals surface area contributed by atoms with Crippen LogP contribution >= 0.6 is 0 Å². The first-order valence-corrected chi connectivity index (χ1v) is 6.28. The Kier molecular flexibility index (Phi) is 6.39. The van der Waals surface area contributed by atoms with E-state index in [0.717, 1.165) is 0 Å². The number of nitrogens with two attached hydrogens (primary N) is 1. The van der Waals surface area contributed by atoms with Gasteiger partial charge in [-0.2, -0.15) is 0 Å². The molecule has 0 aromatic heterocycles. The minimum Gasteiger partial charge on any atom is -0.480 e. The smallest absolute Gasteiger partial charge is 0.328 e. The zero-order valence-electron chi connectivity index (χ0n) is 11.3. The number of esters is 1. The number of hydrogen-bond donors (Lipinski definition) is 2. The van der Waals surface area contributed by atoms with Crippen LogP contribution in [0.1, 0.15) is 25.3 Å². The Hall–Kier alpha value is -2.21. The van der Waals surface area contributed by atoms with Gasteiger partial charge in [0, 0.05) is 18.7 Å². The number of nitrogens with zero attached hydrogens (tertiary/aromatic N) is 1. The molecule has 0 fully saturated rings. The lowest BCUT2D eigenvalue weighted by molar-refractivity contribution is -0.138. The SMILES string of the molecule is CC(=O)Oc1ccccc1C=N[C@@H](CCCN)C(=O)O. The molecule has 0 unspecified atom stereocenters. The molecule has 0 bridgehead atoms. The number of carboxylic acids is 1. The van der Waals surface area contributed by atoms with Crippen LogP contribution in [0, 0.1) is 0 Å². The molecule has 0 saturated heterocycles. The van der Waals surface area contributed by atoms with Gasteiger partial charge in [-0.25, -0.2) is 4.79 Å². The minimum absolute atomic E-state index is 0.353. The summed E-state index contributed by atoms with van der Waals surface area (Å²) < 4.78 is 5.02.